The van der Waals surface area contributed by atoms with Gasteiger partial charge in [0.1, 0.15) is 0 Å². The zero-order valence-corrected chi connectivity index (χ0v) is 19.0. The summed E-state index contributed by atoms with van der Waals surface area (Å²) >= 11 is 0. The van der Waals surface area contributed by atoms with Crippen molar-refractivity contribution in [3.63, 3.8) is 0 Å². The van der Waals surface area contributed by atoms with Gasteiger partial charge in [-0.1, -0.05) is 38.3 Å². The normalized spacial score (nSPS) is 31.8. The molecule has 0 amide bonds. The molecule has 0 unspecified atom stereocenters. The summed E-state index contributed by atoms with van der Waals surface area (Å²) in [5.74, 6) is 3.66. The monoisotopic (exact) mass is 406 g/mol. The Labute approximate surface area is 179 Å². The number of hydrogen-bond donors (Lipinski definition) is 0. The molecule has 0 spiro atoms. The summed E-state index contributed by atoms with van der Waals surface area (Å²) in [5.41, 5.74) is 1.37. The lowest BCUT2D eigenvalue weighted by molar-refractivity contribution is -0.328. The lowest BCUT2D eigenvalue weighted by Crippen LogP contribution is -2.27. The topological polar surface area (TPSA) is 27.7 Å². The zero-order valence-electron chi connectivity index (χ0n) is 19.0. The fourth-order valence-corrected chi connectivity index (χ4v) is 5.73. The first-order chi connectivity index (χ1) is 14.2. The van der Waals surface area contributed by atoms with E-state index in [4.69, 9.17) is 14.5 Å². The second-order valence-corrected chi connectivity index (χ2v) is 10.1. The van der Waals surface area contributed by atoms with E-state index >= 15 is 0 Å². The first-order valence-corrected chi connectivity index (χ1v) is 12.8. The molecular formula is C26H46O3. The fourth-order valence-electron chi connectivity index (χ4n) is 5.73. The van der Waals surface area contributed by atoms with Crippen LogP contribution in [0.4, 0.5) is 0 Å². The summed E-state index contributed by atoms with van der Waals surface area (Å²) in [5, 5.41) is 0. The van der Waals surface area contributed by atoms with E-state index in [1.54, 1.807) is 0 Å². The average Bonchev–Trinajstić information content (AvgIpc) is 2.76. The molecule has 0 aromatic rings. The molecule has 0 aliphatic heterocycles. The highest BCUT2D eigenvalue weighted by molar-refractivity contribution is 4.98. The van der Waals surface area contributed by atoms with Gasteiger partial charge < -0.3 is 4.74 Å². The molecule has 168 valence electrons. The number of hydrogen-bond acceptors (Lipinski definition) is 3. The van der Waals surface area contributed by atoms with Crippen LogP contribution in [0.15, 0.2) is 12.2 Å². The highest BCUT2D eigenvalue weighted by Gasteiger charge is 2.31. The third-order valence-corrected chi connectivity index (χ3v) is 7.90. The smallest absolute Gasteiger partial charge is 0.0936 e. The maximum atomic E-state index is 5.87. The van der Waals surface area contributed by atoms with E-state index < -0.39 is 0 Å². The Morgan fingerprint density at radius 1 is 0.793 bits per heavy atom. The van der Waals surface area contributed by atoms with Gasteiger partial charge in [0.2, 0.25) is 0 Å². The molecule has 29 heavy (non-hydrogen) atoms. The molecule has 0 bridgehead atoms. The summed E-state index contributed by atoms with van der Waals surface area (Å²) in [6.07, 6.45) is 19.7. The van der Waals surface area contributed by atoms with Crippen LogP contribution < -0.4 is 0 Å². The van der Waals surface area contributed by atoms with Crippen molar-refractivity contribution in [3.05, 3.63) is 12.2 Å². The van der Waals surface area contributed by atoms with Gasteiger partial charge >= 0.3 is 0 Å². The van der Waals surface area contributed by atoms with E-state index in [2.05, 4.69) is 13.5 Å². The predicted octanol–water partition coefficient (Wildman–Crippen LogP) is 7.25. The minimum Gasteiger partial charge on any atom is -0.381 e. The van der Waals surface area contributed by atoms with E-state index in [1.165, 1.54) is 76.2 Å². The molecule has 3 rings (SSSR count). The quantitative estimate of drug-likeness (QED) is 0.156. The van der Waals surface area contributed by atoms with Crippen LogP contribution in [-0.4, -0.2) is 25.9 Å². The third kappa shape index (κ3) is 8.34. The Hall–Kier alpha value is -0.380. The molecule has 0 atom stereocenters. The Morgan fingerprint density at radius 3 is 2.03 bits per heavy atom. The van der Waals surface area contributed by atoms with Crippen molar-refractivity contribution < 1.29 is 14.5 Å². The maximum absolute atomic E-state index is 5.87. The Morgan fingerprint density at radius 2 is 1.41 bits per heavy atom. The van der Waals surface area contributed by atoms with Crippen LogP contribution in [0.5, 0.6) is 0 Å². The van der Waals surface area contributed by atoms with Gasteiger partial charge in [0.05, 0.1) is 12.7 Å². The second kappa shape index (κ2) is 13.1. The van der Waals surface area contributed by atoms with Gasteiger partial charge in [-0.25, -0.2) is 9.78 Å². The molecule has 0 heterocycles. The zero-order chi connectivity index (χ0) is 20.3. The summed E-state index contributed by atoms with van der Waals surface area (Å²) in [6, 6.07) is 0. The largest absolute Gasteiger partial charge is 0.381 e. The van der Waals surface area contributed by atoms with Gasteiger partial charge in [0.25, 0.3) is 0 Å². The van der Waals surface area contributed by atoms with Crippen LogP contribution in [0.2, 0.25) is 0 Å². The van der Waals surface area contributed by atoms with Crippen LogP contribution in [0.1, 0.15) is 103 Å². The van der Waals surface area contributed by atoms with Crippen molar-refractivity contribution in [3.8, 4) is 0 Å². The first kappa shape index (κ1) is 23.3. The predicted molar refractivity (Wildman–Crippen MR) is 120 cm³/mol. The molecule has 3 heteroatoms. The molecule has 3 saturated carbocycles. The first-order valence-electron chi connectivity index (χ1n) is 12.8. The number of unbranched alkanes of at least 4 members (excludes halogenated alkanes) is 1. The average molecular weight is 407 g/mol. The van der Waals surface area contributed by atoms with Crippen LogP contribution in [0, 0.1) is 23.7 Å². The summed E-state index contributed by atoms with van der Waals surface area (Å²) < 4.78 is 5.87. The molecule has 3 aliphatic rings. The highest BCUT2D eigenvalue weighted by Crippen LogP contribution is 2.42. The van der Waals surface area contributed by atoms with Gasteiger partial charge in [-0.2, -0.15) is 0 Å². The fraction of sp³-hybridized carbons (Fsp3) is 0.923. The van der Waals surface area contributed by atoms with E-state index in [9.17, 15) is 0 Å². The minimum atomic E-state index is 0.295. The lowest BCUT2D eigenvalue weighted by Gasteiger charge is -2.37. The van der Waals surface area contributed by atoms with Crippen molar-refractivity contribution in [2.45, 2.75) is 109 Å². The molecule has 0 N–H and O–H groups in total. The van der Waals surface area contributed by atoms with Gasteiger partial charge in [0, 0.05) is 13.2 Å². The highest BCUT2D eigenvalue weighted by atomic mass is 17.2. The Bertz CT molecular complexity index is 437. The molecule has 3 nitrogen and oxygen atoms in total. The van der Waals surface area contributed by atoms with E-state index in [1.807, 2.05) is 0 Å². The van der Waals surface area contributed by atoms with Crippen LogP contribution in [-0.2, 0) is 14.5 Å². The third-order valence-electron chi connectivity index (χ3n) is 7.90. The number of allylic oxidation sites excluding steroid dienone is 1. The number of ether oxygens (including phenoxy) is 1. The molecule has 0 aromatic heterocycles. The molecule has 0 radical (unpaired) electrons. The van der Waals surface area contributed by atoms with E-state index in [0.717, 1.165) is 69.2 Å². The van der Waals surface area contributed by atoms with Gasteiger partial charge in [-0.3, -0.25) is 0 Å². The molecule has 3 fully saturated rings. The Kier molecular flexibility index (Phi) is 10.5. The van der Waals surface area contributed by atoms with Gasteiger partial charge in [-0.05, 0) is 101 Å². The molecular weight excluding hydrogens is 360 g/mol. The van der Waals surface area contributed by atoms with E-state index in [-0.39, 0.29) is 0 Å². The summed E-state index contributed by atoms with van der Waals surface area (Å²) in [7, 11) is 0. The number of rotatable bonds is 11. The van der Waals surface area contributed by atoms with Crippen molar-refractivity contribution >= 4 is 0 Å². The Balaban J connectivity index is 1.20. The van der Waals surface area contributed by atoms with Crippen molar-refractivity contribution in [1.29, 1.82) is 0 Å². The molecule has 0 saturated heterocycles. The molecule has 0 aromatic carbocycles. The summed E-state index contributed by atoms with van der Waals surface area (Å²) in [4.78, 5) is 11.2. The van der Waals surface area contributed by atoms with Gasteiger partial charge in [0.15, 0.2) is 0 Å². The van der Waals surface area contributed by atoms with Crippen molar-refractivity contribution in [2.24, 2.45) is 23.7 Å². The standard InChI is InChI=1S/C26H46O3/c1-3-4-18-27-20-23-9-13-25(14-10-23)24-11-7-22(8-12-24)17-19-28-29-26-15-5-21(2)6-16-26/h22-26H,2-20H2,1H3. The summed E-state index contributed by atoms with van der Waals surface area (Å²) in [6.45, 7) is 9.05. The SMILES string of the molecule is C=C1CCC(OOCCC2CCC(C3CCC(COCCCC)CC3)CC2)CC1. The van der Waals surface area contributed by atoms with Crippen molar-refractivity contribution in [1.82, 2.24) is 0 Å². The van der Waals surface area contributed by atoms with Crippen molar-refractivity contribution in [2.75, 3.05) is 19.8 Å². The second-order valence-electron chi connectivity index (χ2n) is 10.1. The van der Waals surface area contributed by atoms with Crippen LogP contribution in [0.3, 0.4) is 0 Å². The lowest BCUT2D eigenvalue weighted by atomic mass is 9.69. The maximum Gasteiger partial charge on any atom is 0.0936 e. The molecule has 3 aliphatic carbocycles. The minimum absolute atomic E-state index is 0.295. The van der Waals surface area contributed by atoms with Gasteiger partial charge in [-0.15, -0.1) is 0 Å². The van der Waals surface area contributed by atoms with E-state index in [0.29, 0.717) is 6.10 Å². The van der Waals surface area contributed by atoms with Crippen LogP contribution in [0.25, 0.3) is 0 Å². The van der Waals surface area contributed by atoms with Crippen LogP contribution >= 0.6 is 0 Å².